The van der Waals surface area contributed by atoms with Gasteiger partial charge in [0.15, 0.2) is 11.6 Å². The Balaban J connectivity index is 1.81. The number of hydrogen-bond donors (Lipinski definition) is 0. The van der Waals surface area contributed by atoms with E-state index in [-0.39, 0.29) is 34.3 Å². The van der Waals surface area contributed by atoms with Gasteiger partial charge < -0.3 is 4.74 Å². The van der Waals surface area contributed by atoms with Crippen LogP contribution in [0.25, 0.3) is 0 Å². The lowest BCUT2D eigenvalue weighted by Crippen LogP contribution is -2.25. The molecule has 2 aromatic carbocycles. The van der Waals surface area contributed by atoms with Crippen LogP contribution in [-0.4, -0.2) is 24.6 Å². The van der Waals surface area contributed by atoms with E-state index in [4.69, 9.17) is 4.74 Å². The van der Waals surface area contributed by atoms with Crippen LogP contribution in [0.5, 0.6) is 0 Å². The second-order valence-corrected chi connectivity index (χ2v) is 11.1. The van der Waals surface area contributed by atoms with Crippen LogP contribution < -0.4 is 0 Å². The molecule has 176 valence electrons. The molecule has 4 heteroatoms. The van der Waals surface area contributed by atoms with Crippen LogP contribution in [-0.2, 0) is 20.4 Å². The third-order valence-electron chi connectivity index (χ3n) is 6.91. The topological polar surface area (TPSA) is 60.4 Å². The second-order valence-electron chi connectivity index (χ2n) is 11.1. The lowest BCUT2D eigenvalue weighted by molar-refractivity contribution is -0.141. The molecule has 1 aliphatic rings. The molecular formula is C29H36O4. The van der Waals surface area contributed by atoms with E-state index in [0.29, 0.717) is 28.7 Å². The van der Waals surface area contributed by atoms with Gasteiger partial charge in [-0.15, -0.1) is 0 Å². The van der Waals surface area contributed by atoms with Crippen LogP contribution in [0.1, 0.15) is 110 Å². The molecule has 0 saturated carbocycles. The fourth-order valence-corrected chi connectivity index (χ4v) is 4.54. The number of fused-ring (bicyclic) bond motifs is 2. The summed E-state index contributed by atoms with van der Waals surface area (Å²) in [6.45, 7) is 12.7. The summed E-state index contributed by atoms with van der Waals surface area (Å²) >= 11 is 0. The van der Waals surface area contributed by atoms with E-state index in [1.807, 2.05) is 30.3 Å². The average molecular weight is 449 g/mol. The molecule has 33 heavy (non-hydrogen) atoms. The predicted octanol–water partition coefficient (Wildman–Crippen LogP) is 6.41. The number of ether oxygens (including phenoxy) is 1. The molecule has 0 spiro atoms. The van der Waals surface area contributed by atoms with Gasteiger partial charge in [-0.05, 0) is 58.6 Å². The molecule has 0 aliphatic heterocycles. The molecule has 0 radical (unpaired) electrons. The standard InChI is InChI=1S/C29H36O4/c1-18(15-25(30)33-7)9-8-14-29(5,6)20-11-13-22-24(17-20)27(32)21-12-10-19(28(2,3)4)16-23(21)26(22)31/h10-13,16-18H,8-9,14-15H2,1-7H3. The Hall–Kier alpha value is -2.75. The monoisotopic (exact) mass is 448 g/mol. The maximum atomic E-state index is 13.3. The van der Waals surface area contributed by atoms with E-state index in [1.54, 1.807) is 6.07 Å². The van der Waals surface area contributed by atoms with Crippen molar-refractivity contribution in [1.82, 2.24) is 0 Å². The van der Waals surface area contributed by atoms with Crippen LogP contribution in [0.4, 0.5) is 0 Å². The highest BCUT2D eigenvalue weighted by molar-refractivity contribution is 6.28. The molecule has 0 fully saturated rings. The van der Waals surface area contributed by atoms with Crippen LogP contribution in [0, 0.1) is 5.92 Å². The van der Waals surface area contributed by atoms with Crippen LogP contribution in [0.3, 0.4) is 0 Å². The van der Waals surface area contributed by atoms with Crippen LogP contribution in [0.2, 0.25) is 0 Å². The summed E-state index contributed by atoms with van der Waals surface area (Å²) < 4.78 is 4.76. The first-order valence-corrected chi connectivity index (χ1v) is 11.8. The van der Waals surface area contributed by atoms with Gasteiger partial charge in [0.1, 0.15) is 0 Å². The minimum absolute atomic E-state index is 0.0771. The Morgan fingerprint density at radius 2 is 1.36 bits per heavy atom. The maximum Gasteiger partial charge on any atom is 0.305 e. The van der Waals surface area contributed by atoms with Crippen molar-refractivity contribution in [3.8, 4) is 0 Å². The van der Waals surface area contributed by atoms with Gasteiger partial charge in [0.05, 0.1) is 7.11 Å². The SMILES string of the molecule is COC(=O)CC(C)CCCC(C)(C)c1ccc2c(c1)C(=O)c1ccc(C(C)(C)C)cc1C2=O. The minimum Gasteiger partial charge on any atom is -0.469 e. The summed E-state index contributed by atoms with van der Waals surface area (Å²) in [6.07, 6.45) is 3.26. The van der Waals surface area contributed by atoms with Crippen LogP contribution >= 0.6 is 0 Å². The number of methoxy groups -OCH3 is 1. The summed E-state index contributed by atoms with van der Waals surface area (Å²) in [7, 11) is 1.42. The van der Waals surface area contributed by atoms with Crippen molar-refractivity contribution in [1.29, 1.82) is 0 Å². The molecule has 0 N–H and O–H groups in total. The van der Waals surface area contributed by atoms with Crippen molar-refractivity contribution < 1.29 is 19.1 Å². The number of benzene rings is 2. The van der Waals surface area contributed by atoms with Crippen molar-refractivity contribution in [2.45, 2.75) is 78.1 Å². The third kappa shape index (κ3) is 5.26. The smallest absolute Gasteiger partial charge is 0.305 e. The van der Waals surface area contributed by atoms with Gasteiger partial charge in [0.2, 0.25) is 0 Å². The van der Waals surface area contributed by atoms with E-state index in [0.717, 1.165) is 30.4 Å². The van der Waals surface area contributed by atoms with Gasteiger partial charge in [-0.1, -0.05) is 66.5 Å². The summed E-state index contributed by atoms with van der Waals surface area (Å²) in [4.78, 5) is 38.1. The molecular weight excluding hydrogens is 412 g/mol. The molecule has 0 bridgehead atoms. The normalized spacial score (nSPS) is 14.5. The first-order chi connectivity index (χ1) is 15.3. The van der Waals surface area contributed by atoms with Crippen LogP contribution in [0.15, 0.2) is 36.4 Å². The molecule has 0 heterocycles. The van der Waals surface area contributed by atoms with E-state index < -0.39 is 0 Å². The van der Waals surface area contributed by atoms with Gasteiger partial charge in [-0.2, -0.15) is 0 Å². The van der Waals surface area contributed by atoms with Gasteiger partial charge in [-0.25, -0.2) is 0 Å². The number of esters is 1. The Kier molecular flexibility index (Phi) is 6.97. The fraction of sp³-hybridized carbons (Fsp3) is 0.483. The highest BCUT2D eigenvalue weighted by Crippen LogP contribution is 2.36. The molecule has 4 nitrogen and oxygen atoms in total. The Morgan fingerprint density at radius 3 is 1.88 bits per heavy atom. The zero-order valence-corrected chi connectivity index (χ0v) is 21.0. The summed E-state index contributed by atoms with van der Waals surface area (Å²) in [5, 5.41) is 0. The first-order valence-electron chi connectivity index (χ1n) is 11.8. The van der Waals surface area contributed by atoms with Gasteiger partial charge in [0, 0.05) is 28.7 Å². The predicted molar refractivity (Wildman–Crippen MR) is 131 cm³/mol. The lowest BCUT2D eigenvalue weighted by atomic mass is 9.75. The second kappa shape index (κ2) is 9.24. The van der Waals surface area contributed by atoms with Gasteiger partial charge >= 0.3 is 5.97 Å². The Morgan fingerprint density at radius 1 is 0.848 bits per heavy atom. The first kappa shape index (κ1) is 24.9. The van der Waals surface area contributed by atoms with E-state index in [2.05, 4.69) is 41.5 Å². The number of carbonyl (C=O) groups excluding carboxylic acids is 3. The van der Waals surface area contributed by atoms with E-state index >= 15 is 0 Å². The van der Waals surface area contributed by atoms with Gasteiger partial charge in [-0.3, -0.25) is 14.4 Å². The molecule has 2 aromatic rings. The quantitative estimate of drug-likeness (QED) is 0.392. The molecule has 1 aliphatic carbocycles. The van der Waals surface area contributed by atoms with Crippen molar-refractivity contribution in [2.24, 2.45) is 5.92 Å². The molecule has 1 unspecified atom stereocenters. The fourth-order valence-electron chi connectivity index (χ4n) is 4.54. The lowest BCUT2D eigenvalue weighted by Gasteiger charge is -2.28. The largest absolute Gasteiger partial charge is 0.469 e. The number of hydrogen-bond acceptors (Lipinski definition) is 4. The molecule has 3 rings (SSSR count). The zero-order valence-electron chi connectivity index (χ0n) is 21.0. The van der Waals surface area contributed by atoms with Crippen molar-refractivity contribution in [3.63, 3.8) is 0 Å². The summed E-state index contributed by atoms with van der Waals surface area (Å²) in [6, 6.07) is 11.4. The third-order valence-corrected chi connectivity index (χ3v) is 6.91. The minimum atomic E-state index is -0.172. The number of carbonyl (C=O) groups is 3. The number of rotatable bonds is 7. The highest BCUT2D eigenvalue weighted by atomic mass is 16.5. The van der Waals surface area contributed by atoms with E-state index in [9.17, 15) is 14.4 Å². The average Bonchev–Trinajstić information content (AvgIpc) is 2.75. The maximum absolute atomic E-state index is 13.3. The Labute approximate surface area is 197 Å². The van der Waals surface area contributed by atoms with Gasteiger partial charge in [0.25, 0.3) is 0 Å². The summed E-state index contributed by atoms with van der Waals surface area (Å²) in [5.74, 6) is -0.0592. The van der Waals surface area contributed by atoms with Crippen molar-refractivity contribution in [3.05, 3.63) is 69.8 Å². The summed E-state index contributed by atoms with van der Waals surface area (Å²) in [5.41, 5.74) is 3.84. The number of ketones is 2. The molecule has 1 atom stereocenters. The van der Waals surface area contributed by atoms with Crippen molar-refractivity contribution in [2.75, 3.05) is 7.11 Å². The molecule has 0 amide bonds. The Bertz CT molecular complexity index is 1090. The molecule has 0 saturated heterocycles. The highest BCUT2D eigenvalue weighted by Gasteiger charge is 2.32. The van der Waals surface area contributed by atoms with E-state index in [1.165, 1.54) is 7.11 Å². The van der Waals surface area contributed by atoms with Crippen molar-refractivity contribution >= 4 is 17.5 Å². The zero-order chi connectivity index (χ0) is 24.6. The molecule has 0 aromatic heterocycles.